The topological polar surface area (TPSA) is 80.0 Å². The second kappa shape index (κ2) is 8.13. The lowest BCUT2D eigenvalue weighted by Gasteiger charge is -2.16. The monoisotopic (exact) mass is 394 g/mol. The van der Waals surface area contributed by atoms with Crippen LogP contribution >= 0.6 is 0 Å². The molecule has 1 aromatic carbocycles. The zero-order chi connectivity index (χ0) is 20.4. The van der Waals surface area contributed by atoms with E-state index in [1.54, 1.807) is 41.5 Å². The molecular formula is C22H23FN4O2. The molecule has 1 saturated carbocycles. The highest BCUT2D eigenvalue weighted by atomic mass is 19.1. The molecule has 2 heterocycles. The Morgan fingerprint density at radius 1 is 1.31 bits per heavy atom. The Hall–Kier alpha value is -3.06. The van der Waals surface area contributed by atoms with Gasteiger partial charge < -0.3 is 10.4 Å². The summed E-state index contributed by atoms with van der Waals surface area (Å²) in [6.07, 6.45) is 7.23. The molecule has 2 N–H and O–H groups in total. The van der Waals surface area contributed by atoms with E-state index in [9.17, 15) is 14.3 Å². The molecule has 1 aliphatic carbocycles. The summed E-state index contributed by atoms with van der Waals surface area (Å²) in [7, 11) is 0. The predicted molar refractivity (Wildman–Crippen MR) is 106 cm³/mol. The first kappa shape index (κ1) is 19.3. The molecule has 0 unspecified atom stereocenters. The molecule has 7 heteroatoms. The van der Waals surface area contributed by atoms with Crippen molar-refractivity contribution >= 4 is 5.91 Å². The highest BCUT2D eigenvalue weighted by Crippen LogP contribution is 2.21. The number of aromatic nitrogens is 3. The van der Waals surface area contributed by atoms with Crippen molar-refractivity contribution < 1.29 is 14.3 Å². The molecule has 2 aromatic heterocycles. The molecule has 1 aliphatic rings. The van der Waals surface area contributed by atoms with Gasteiger partial charge in [-0.05, 0) is 67.1 Å². The molecule has 0 bridgehead atoms. The van der Waals surface area contributed by atoms with E-state index < -0.39 is 6.10 Å². The lowest BCUT2D eigenvalue weighted by atomic mass is 10.0. The van der Waals surface area contributed by atoms with Gasteiger partial charge in [0.1, 0.15) is 11.5 Å². The molecule has 29 heavy (non-hydrogen) atoms. The minimum Gasteiger partial charge on any atom is -0.391 e. The molecule has 0 aliphatic heterocycles. The Balaban J connectivity index is 1.53. The molecule has 0 saturated heterocycles. The lowest BCUT2D eigenvalue weighted by molar-refractivity contribution is 0.0868. The third-order valence-corrected chi connectivity index (χ3v) is 5.43. The number of carbonyl (C=O) groups excluding carboxylic acids is 1. The average molecular weight is 394 g/mol. The Morgan fingerprint density at radius 2 is 2.17 bits per heavy atom. The summed E-state index contributed by atoms with van der Waals surface area (Å²) in [5, 5.41) is 16.9. The number of nitrogens with zero attached hydrogens (tertiary/aromatic N) is 3. The number of aryl methyl sites for hydroxylation is 1. The fraction of sp³-hybridized carbons (Fsp3) is 0.318. The molecule has 6 nitrogen and oxygen atoms in total. The number of nitrogens with one attached hydrogen (secondary N) is 1. The Labute approximate surface area is 168 Å². The van der Waals surface area contributed by atoms with Crippen LogP contribution in [0.5, 0.6) is 0 Å². The van der Waals surface area contributed by atoms with E-state index in [0.29, 0.717) is 24.1 Å². The summed E-state index contributed by atoms with van der Waals surface area (Å²) < 4.78 is 16.3. The molecule has 3 aromatic rings. The Morgan fingerprint density at radius 3 is 2.86 bits per heavy atom. The van der Waals surface area contributed by atoms with E-state index in [1.807, 2.05) is 13.0 Å². The number of pyridine rings is 1. The van der Waals surface area contributed by atoms with Crippen molar-refractivity contribution in [2.75, 3.05) is 0 Å². The maximum Gasteiger partial charge on any atom is 0.270 e. The van der Waals surface area contributed by atoms with Gasteiger partial charge in [0.2, 0.25) is 0 Å². The van der Waals surface area contributed by atoms with Crippen molar-refractivity contribution in [2.24, 2.45) is 0 Å². The summed E-state index contributed by atoms with van der Waals surface area (Å²) in [5.41, 5.74) is 3.19. The standard InChI is InChI=1S/C22H23FN4O2/c1-14-13-24-20(22(29)26-19-4-2-5-21(19)28)11-16(14)10-15-6-7-17(12-18(15)23)27-9-3-8-25-27/h3,6-9,11-13,19,21,28H,2,4-5,10H2,1H3,(H,26,29)/t19-,21-/m0/s1. The maximum absolute atomic E-state index is 14.7. The van der Waals surface area contributed by atoms with Crippen LogP contribution in [0.25, 0.3) is 5.69 Å². The van der Waals surface area contributed by atoms with Crippen LogP contribution in [-0.4, -0.2) is 37.9 Å². The zero-order valence-corrected chi connectivity index (χ0v) is 16.2. The molecule has 0 spiro atoms. The normalized spacial score (nSPS) is 18.7. The number of aliphatic hydroxyl groups excluding tert-OH is 1. The van der Waals surface area contributed by atoms with Gasteiger partial charge in [-0.2, -0.15) is 5.10 Å². The largest absolute Gasteiger partial charge is 0.391 e. The number of halogens is 1. The fourth-order valence-corrected chi connectivity index (χ4v) is 3.68. The van der Waals surface area contributed by atoms with Gasteiger partial charge in [-0.15, -0.1) is 0 Å². The number of hydrogen-bond donors (Lipinski definition) is 2. The highest BCUT2D eigenvalue weighted by Gasteiger charge is 2.27. The summed E-state index contributed by atoms with van der Waals surface area (Å²) in [4.78, 5) is 16.8. The molecule has 1 amide bonds. The number of carbonyl (C=O) groups is 1. The first-order valence-electron chi connectivity index (χ1n) is 9.74. The van der Waals surface area contributed by atoms with Gasteiger partial charge in [-0.1, -0.05) is 6.07 Å². The van der Waals surface area contributed by atoms with Crippen LogP contribution in [0.4, 0.5) is 4.39 Å². The van der Waals surface area contributed by atoms with Crippen molar-refractivity contribution in [3.8, 4) is 5.69 Å². The minimum atomic E-state index is -0.508. The van der Waals surface area contributed by atoms with Crippen LogP contribution < -0.4 is 5.32 Å². The van der Waals surface area contributed by atoms with Gasteiger partial charge in [0.05, 0.1) is 17.8 Å². The van der Waals surface area contributed by atoms with Gasteiger partial charge in [0, 0.05) is 25.0 Å². The van der Waals surface area contributed by atoms with Crippen molar-refractivity contribution in [1.82, 2.24) is 20.1 Å². The van der Waals surface area contributed by atoms with Gasteiger partial charge >= 0.3 is 0 Å². The third kappa shape index (κ3) is 4.19. The minimum absolute atomic E-state index is 0.235. The van der Waals surface area contributed by atoms with E-state index in [4.69, 9.17) is 0 Å². The fourth-order valence-electron chi connectivity index (χ4n) is 3.68. The van der Waals surface area contributed by atoms with Crippen molar-refractivity contribution in [3.05, 3.63) is 77.1 Å². The molecule has 1 fully saturated rings. The predicted octanol–water partition coefficient (Wildman–Crippen LogP) is 2.95. The smallest absolute Gasteiger partial charge is 0.270 e. The molecule has 4 rings (SSSR count). The summed E-state index contributed by atoms with van der Waals surface area (Å²) in [6.45, 7) is 1.89. The van der Waals surface area contributed by atoms with Crippen LogP contribution in [0.1, 0.15) is 46.4 Å². The second-order valence-corrected chi connectivity index (χ2v) is 7.48. The van der Waals surface area contributed by atoms with E-state index in [1.165, 1.54) is 6.07 Å². The van der Waals surface area contributed by atoms with Crippen LogP contribution in [0.15, 0.2) is 48.9 Å². The first-order chi connectivity index (χ1) is 14.0. The van der Waals surface area contributed by atoms with Crippen LogP contribution in [-0.2, 0) is 6.42 Å². The SMILES string of the molecule is Cc1cnc(C(=O)N[C@H]2CCC[C@@H]2O)cc1Cc1ccc(-n2cccn2)cc1F. The van der Waals surface area contributed by atoms with E-state index in [-0.39, 0.29) is 23.5 Å². The number of amides is 1. The Bertz CT molecular complexity index is 1020. The summed E-state index contributed by atoms with van der Waals surface area (Å²) in [5.74, 6) is -0.638. The number of benzene rings is 1. The number of aliphatic hydroxyl groups is 1. The molecular weight excluding hydrogens is 371 g/mol. The lowest BCUT2D eigenvalue weighted by Crippen LogP contribution is -2.40. The Kier molecular flexibility index (Phi) is 5.40. The number of hydrogen-bond acceptors (Lipinski definition) is 4. The zero-order valence-electron chi connectivity index (χ0n) is 16.2. The average Bonchev–Trinajstić information content (AvgIpc) is 3.37. The van der Waals surface area contributed by atoms with Crippen LogP contribution in [0.2, 0.25) is 0 Å². The number of rotatable bonds is 5. The maximum atomic E-state index is 14.7. The molecule has 150 valence electrons. The summed E-state index contributed by atoms with van der Waals surface area (Å²) in [6, 6.07) is 8.25. The van der Waals surface area contributed by atoms with Gasteiger partial charge in [0.25, 0.3) is 5.91 Å². The van der Waals surface area contributed by atoms with E-state index >= 15 is 0 Å². The van der Waals surface area contributed by atoms with Gasteiger partial charge in [-0.3, -0.25) is 9.78 Å². The molecule has 0 radical (unpaired) electrons. The van der Waals surface area contributed by atoms with E-state index in [2.05, 4.69) is 15.4 Å². The van der Waals surface area contributed by atoms with Gasteiger partial charge in [-0.25, -0.2) is 9.07 Å². The van der Waals surface area contributed by atoms with Crippen molar-refractivity contribution in [3.63, 3.8) is 0 Å². The van der Waals surface area contributed by atoms with Crippen LogP contribution in [0.3, 0.4) is 0 Å². The first-order valence-corrected chi connectivity index (χ1v) is 9.74. The van der Waals surface area contributed by atoms with Crippen molar-refractivity contribution in [2.45, 2.75) is 44.8 Å². The highest BCUT2D eigenvalue weighted by molar-refractivity contribution is 5.92. The summed E-state index contributed by atoms with van der Waals surface area (Å²) >= 11 is 0. The van der Waals surface area contributed by atoms with Crippen molar-refractivity contribution in [1.29, 1.82) is 0 Å². The van der Waals surface area contributed by atoms with E-state index in [0.717, 1.165) is 24.0 Å². The van der Waals surface area contributed by atoms with Gasteiger partial charge in [0.15, 0.2) is 0 Å². The third-order valence-electron chi connectivity index (χ3n) is 5.43. The quantitative estimate of drug-likeness (QED) is 0.697. The second-order valence-electron chi connectivity index (χ2n) is 7.48. The van der Waals surface area contributed by atoms with Crippen LogP contribution in [0, 0.1) is 12.7 Å². The molecule has 2 atom stereocenters.